The predicted octanol–water partition coefficient (Wildman–Crippen LogP) is -0.413. The summed E-state index contributed by atoms with van der Waals surface area (Å²) >= 11 is 0. The summed E-state index contributed by atoms with van der Waals surface area (Å²) in [6, 6.07) is 3.89. The van der Waals surface area contributed by atoms with Crippen molar-refractivity contribution in [3.05, 3.63) is 29.8 Å². The number of phenols is 1. The smallest absolute Gasteiger partial charge is 0.313 e. The minimum absolute atomic E-state index is 0.0565. The number of primary amides is 2. The fourth-order valence-corrected chi connectivity index (χ4v) is 1.13. The van der Waals surface area contributed by atoms with Crippen LogP contribution in [0.15, 0.2) is 24.3 Å². The molecule has 0 bridgehead atoms. The molecule has 1 aromatic rings. The molecular formula is C9H11N3O3. The fraction of sp³-hybridized carbons (Fsp3) is 0.111. The van der Waals surface area contributed by atoms with E-state index in [1.807, 2.05) is 0 Å². The lowest BCUT2D eigenvalue weighted by atomic mass is 10.1. The van der Waals surface area contributed by atoms with Gasteiger partial charge in [-0.1, -0.05) is 12.1 Å². The van der Waals surface area contributed by atoms with Crippen molar-refractivity contribution in [1.29, 1.82) is 0 Å². The van der Waals surface area contributed by atoms with E-state index in [0.717, 1.165) is 0 Å². The Morgan fingerprint density at radius 1 is 1.20 bits per heavy atom. The summed E-state index contributed by atoms with van der Waals surface area (Å²) < 4.78 is 0. The Hall–Kier alpha value is -2.24. The minimum atomic E-state index is -0.983. The number of nitrogens with one attached hydrogen (secondary N) is 1. The highest BCUT2D eigenvalue weighted by atomic mass is 16.3. The molecule has 0 aliphatic carbocycles. The maximum Gasteiger partial charge on any atom is 0.313 e. The molecule has 0 aliphatic rings. The zero-order chi connectivity index (χ0) is 11.4. The monoisotopic (exact) mass is 209 g/mol. The van der Waals surface area contributed by atoms with Crippen molar-refractivity contribution < 1.29 is 14.7 Å². The molecular weight excluding hydrogens is 198 g/mol. The Bertz CT molecular complexity index is 375. The number of carbonyl (C=O) groups excluding carboxylic acids is 2. The van der Waals surface area contributed by atoms with E-state index in [0.29, 0.717) is 5.56 Å². The number of phenolic OH excluding ortho intramolecular Hbond substituents is 1. The maximum absolute atomic E-state index is 11.0. The van der Waals surface area contributed by atoms with Crippen LogP contribution < -0.4 is 16.8 Å². The number of nitrogens with two attached hydrogens (primary N) is 2. The highest BCUT2D eigenvalue weighted by Gasteiger charge is 2.18. The number of carbonyl (C=O) groups is 2. The van der Waals surface area contributed by atoms with Gasteiger partial charge in [-0.25, -0.2) is 4.79 Å². The van der Waals surface area contributed by atoms with Crippen molar-refractivity contribution in [2.75, 3.05) is 0 Å². The lowest BCUT2D eigenvalue weighted by Gasteiger charge is -2.13. The second-order valence-electron chi connectivity index (χ2n) is 2.94. The molecule has 80 valence electrons. The van der Waals surface area contributed by atoms with Crippen LogP contribution in [0.1, 0.15) is 11.6 Å². The summed E-state index contributed by atoms with van der Waals surface area (Å²) in [6.45, 7) is 0. The molecule has 0 aromatic heterocycles. The molecule has 1 atom stereocenters. The Kier molecular flexibility index (Phi) is 3.12. The number of amides is 3. The Balaban J connectivity index is 2.94. The van der Waals surface area contributed by atoms with Gasteiger partial charge in [-0.15, -0.1) is 0 Å². The average molecular weight is 209 g/mol. The molecule has 0 aliphatic heterocycles. The first kappa shape index (κ1) is 10.8. The van der Waals surface area contributed by atoms with Crippen LogP contribution in [-0.2, 0) is 4.79 Å². The van der Waals surface area contributed by atoms with Gasteiger partial charge in [0.25, 0.3) is 0 Å². The van der Waals surface area contributed by atoms with Crippen LogP contribution in [0.4, 0.5) is 4.79 Å². The maximum atomic E-state index is 11.0. The van der Waals surface area contributed by atoms with Crippen LogP contribution in [0.2, 0.25) is 0 Å². The van der Waals surface area contributed by atoms with Crippen molar-refractivity contribution in [2.24, 2.45) is 11.5 Å². The van der Waals surface area contributed by atoms with Crippen LogP contribution in [0.5, 0.6) is 5.75 Å². The fourth-order valence-electron chi connectivity index (χ4n) is 1.13. The zero-order valence-electron chi connectivity index (χ0n) is 7.81. The number of hydrogen-bond donors (Lipinski definition) is 4. The van der Waals surface area contributed by atoms with Gasteiger partial charge in [-0.3, -0.25) is 4.79 Å². The topological polar surface area (TPSA) is 118 Å². The summed E-state index contributed by atoms with van der Waals surface area (Å²) in [5.41, 5.74) is 10.4. The van der Waals surface area contributed by atoms with Crippen molar-refractivity contribution in [2.45, 2.75) is 6.04 Å². The molecule has 6 N–H and O–H groups in total. The largest absolute Gasteiger partial charge is 0.508 e. The summed E-state index contributed by atoms with van der Waals surface area (Å²) in [7, 11) is 0. The molecule has 0 radical (unpaired) electrons. The van der Waals surface area contributed by atoms with Crippen molar-refractivity contribution in [3.63, 3.8) is 0 Å². The van der Waals surface area contributed by atoms with Crippen molar-refractivity contribution in [3.8, 4) is 5.75 Å². The summed E-state index contributed by atoms with van der Waals surface area (Å²) in [4.78, 5) is 21.6. The molecule has 1 rings (SSSR count). The highest BCUT2D eigenvalue weighted by Crippen LogP contribution is 2.16. The molecule has 6 heteroatoms. The first-order valence-corrected chi connectivity index (χ1v) is 4.15. The van der Waals surface area contributed by atoms with E-state index < -0.39 is 18.0 Å². The Morgan fingerprint density at radius 2 is 1.73 bits per heavy atom. The molecule has 1 aromatic carbocycles. The molecule has 3 amide bonds. The Morgan fingerprint density at radius 3 is 2.13 bits per heavy atom. The van der Waals surface area contributed by atoms with Gasteiger partial charge in [0.05, 0.1) is 0 Å². The average Bonchev–Trinajstić information content (AvgIpc) is 2.15. The van der Waals surface area contributed by atoms with Gasteiger partial charge in [0, 0.05) is 0 Å². The van der Waals surface area contributed by atoms with Gasteiger partial charge in [0.1, 0.15) is 11.8 Å². The van der Waals surface area contributed by atoms with Gasteiger partial charge < -0.3 is 21.9 Å². The van der Waals surface area contributed by atoms with Crippen LogP contribution in [-0.4, -0.2) is 17.0 Å². The van der Waals surface area contributed by atoms with Gasteiger partial charge >= 0.3 is 6.03 Å². The minimum Gasteiger partial charge on any atom is -0.508 e. The molecule has 1 unspecified atom stereocenters. The third kappa shape index (κ3) is 2.87. The second kappa shape index (κ2) is 4.32. The van der Waals surface area contributed by atoms with Crippen molar-refractivity contribution in [1.82, 2.24) is 5.32 Å². The van der Waals surface area contributed by atoms with E-state index in [1.165, 1.54) is 24.3 Å². The van der Waals surface area contributed by atoms with E-state index in [9.17, 15) is 9.59 Å². The van der Waals surface area contributed by atoms with E-state index in [2.05, 4.69) is 5.32 Å². The normalized spacial score (nSPS) is 11.7. The molecule has 15 heavy (non-hydrogen) atoms. The molecule has 0 fully saturated rings. The lowest BCUT2D eigenvalue weighted by Crippen LogP contribution is -2.40. The quantitative estimate of drug-likeness (QED) is 0.541. The molecule has 0 spiro atoms. The van der Waals surface area contributed by atoms with E-state index >= 15 is 0 Å². The van der Waals surface area contributed by atoms with E-state index in [1.54, 1.807) is 0 Å². The third-order valence-electron chi connectivity index (χ3n) is 1.80. The second-order valence-corrected chi connectivity index (χ2v) is 2.94. The molecule has 6 nitrogen and oxygen atoms in total. The van der Waals surface area contributed by atoms with Crippen LogP contribution >= 0.6 is 0 Å². The zero-order valence-corrected chi connectivity index (χ0v) is 7.81. The first-order chi connectivity index (χ1) is 7.00. The van der Waals surface area contributed by atoms with Gasteiger partial charge in [-0.05, 0) is 17.7 Å². The number of hydrogen-bond acceptors (Lipinski definition) is 3. The lowest BCUT2D eigenvalue weighted by molar-refractivity contribution is -0.119. The number of urea groups is 1. The molecule has 0 saturated carbocycles. The summed E-state index contributed by atoms with van der Waals surface area (Å²) in [6.07, 6.45) is 0. The SMILES string of the molecule is NC(=O)NC(C(N)=O)c1ccc(O)cc1. The predicted molar refractivity (Wildman–Crippen MR) is 52.8 cm³/mol. The third-order valence-corrected chi connectivity index (χ3v) is 1.80. The molecule has 0 saturated heterocycles. The Labute approximate surface area is 85.9 Å². The number of rotatable bonds is 3. The van der Waals surface area contributed by atoms with Crippen LogP contribution in [0, 0.1) is 0 Å². The number of aromatic hydroxyl groups is 1. The molecule has 0 heterocycles. The van der Waals surface area contributed by atoms with E-state index in [4.69, 9.17) is 16.6 Å². The van der Waals surface area contributed by atoms with Gasteiger partial charge in [0.15, 0.2) is 0 Å². The summed E-state index contributed by atoms with van der Waals surface area (Å²) in [5, 5.41) is 11.2. The van der Waals surface area contributed by atoms with Gasteiger partial charge in [0.2, 0.25) is 5.91 Å². The first-order valence-electron chi connectivity index (χ1n) is 4.15. The van der Waals surface area contributed by atoms with Crippen LogP contribution in [0.3, 0.4) is 0 Å². The van der Waals surface area contributed by atoms with Crippen molar-refractivity contribution >= 4 is 11.9 Å². The van der Waals surface area contributed by atoms with Crippen LogP contribution in [0.25, 0.3) is 0 Å². The number of benzene rings is 1. The van der Waals surface area contributed by atoms with Gasteiger partial charge in [-0.2, -0.15) is 0 Å². The van der Waals surface area contributed by atoms with E-state index in [-0.39, 0.29) is 5.75 Å². The highest BCUT2D eigenvalue weighted by molar-refractivity contribution is 5.86. The standard InChI is InChI=1S/C9H11N3O3/c10-8(14)7(12-9(11)15)5-1-3-6(13)4-2-5/h1-4,7,13H,(H2,10,14)(H3,11,12,15). The summed E-state index contributed by atoms with van der Waals surface area (Å²) in [5.74, 6) is -0.666.